The molecule has 0 aromatic heterocycles. The summed E-state index contributed by atoms with van der Waals surface area (Å²) in [6, 6.07) is 29.0. The Hall–Kier alpha value is -3.15. The first-order valence-electron chi connectivity index (χ1n) is 12.0. The number of nitrogens with one attached hydrogen (secondary N) is 1. The lowest BCUT2D eigenvalue weighted by atomic mass is 10.0. The minimum absolute atomic E-state index is 0.00253. The Balaban J connectivity index is 1.21. The number of carbonyl (C=O) groups is 1. The predicted octanol–water partition coefficient (Wildman–Crippen LogP) is 3.80. The molecular weight excluding hydrogens is 408 g/mol. The van der Waals surface area contributed by atoms with Crippen LogP contribution in [0.25, 0.3) is 0 Å². The van der Waals surface area contributed by atoms with Crippen molar-refractivity contribution in [1.29, 1.82) is 0 Å². The fourth-order valence-corrected chi connectivity index (χ4v) is 4.90. The van der Waals surface area contributed by atoms with Crippen LogP contribution in [-0.2, 0) is 6.42 Å². The smallest absolute Gasteiger partial charge is 0.255 e. The highest BCUT2D eigenvalue weighted by Crippen LogP contribution is 2.32. The van der Waals surface area contributed by atoms with Gasteiger partial charge in [0.05, 0.1) is 11.3 Å². The summed E-state index contributed by atoms with van der Waals surface area (Å²) >= 11 is 0. The highest BCUT2D eigenvalue weighted by Gasteiger charge is 2.31. The molecule has 2 aliphatic rings. The highest BCUT2D eigenvalue weighted by molar-refractivity contribution is 6.02. The van der Waals surface area contributed by atoms with E-state index in [1.54, 1.807) is 0 Å². The van der Waals surface area contributed by atoms with Gasteiger partial charge in [0.25, 0.3) is 5.91 Å². The van der Waals surface area contributed by atoms with Crippen molar-refractivity contribution in [1.82, 2.24) is 15.1 Å². The van der Waals surface area contributed by atoms with Gasteiger partial charge in [-0.2, -0.15) is 0 Å². The van der Waals surface area contributed by atoms with E-state index >= 15 is 0 Å². The number of hydrogen-bond donors (Lipinski definition) is 1. The Kier molecular flexibility index (Phi) is 6.70. The third kappa shape index (κ3) is 5.10. The van der Waals surface area contributed by atoms with Crippen LogP contribution in [0.1, 0.15) is 27.7 Å². The summed E-state index contributed by atoms with van der Waals surface area (Å²) in [6.07, 6.45) is 0.977. The Morgan fingerprint density at radius 2 is 1.30 bits per heavy atom. The number of anilines is 1. The van der Waals surface area contributed by atoms with Gasteiger partial charge in [0.15, 0.2) is 0 Å². The van der Waals surface area contributed by atoms with Crippen LogP contribution in [0.15, 0.2) is 84.9 Å². The Morgan fingerprint density at radius 1 is 0.697 bits per heavy atom. The Bertz CT molecular complexity index is 1050. The second kappa shape index (κ2) is 10.2. The molecule has 5 heteroatoms. The number of para-hydroxylation sites is 1. The fraction of sp³-hybridized carbons (Fsp3) is 0.321. The zero-order chi connectivity index (χ0) is 22.5. The van der Waals surface area contributed by atoms with E-state index in [9.17, 15) is 4.79 Å². The summed E-state index contributed by atoms with van der Waals surface area (Å²) in [5, 5.41) is 3.23. The van der Waals surface area contributed by atoms with Gasteiger partial charge >= 0.3 is 0 Å². The van der Waals surface area contributed by atoms with Crippen LogP contribution in [-0.4, -0.2) is 61.5 Å². The van der Waals surface area contributed by atoms with Crippen LogP contribution in [0.2, 0.25) is 0 Å². The maximum Gasteiger partial charge on any atom is 0.255 e. The normalized spacial score (nSPS) is 19.2. The molecule has 3 aromatic carbocycles. The lowest BCUT2D eigenvalue weighted by Crippen LogP contribution is -2.52. The number of amides is 1. The van der Waals surface area contributed by atoms with Gasteiger partial charge < -0.3 is 15.1 Å². The molecule has 1 amide bonds. The van der Waals surface area contributed by atoms with Gasteiger partial charge in [-0.25, -0.2) is 0 Å². The molecule has 1 N–H and O–H groups in total. The molecule has 1 unspecified atom stereocenters. The van der Waals surface area contributed by atoms with Crippen molar-refractivity contribution in [3.8, 4) is 0 Å². The van der Waals surface area contributed by atoms with Crippen LogP contribution in [0.5, 0.6) is 0 Å². The highest BCUT2D eigenvalue weighted by atomic mass is 16.2. The molecule has 0 spiro atoms. The zero-order valence-electron chi connectivity index (χ0n) is 19.1. The average molecular weight is 441 g/mol. The lowest BCUT2D eigenvalue weighted by molar-refractivity contribution is 0.0923. The second-order valence-corrected chi connectivity index (χ2v) is 8.92. The van der Waals surface area contributed by atoms with E-state index in [2.05, 4.69) is 68.5 Å². The number of benzene rings is 3. The van der Waals surface area contributed by atoms with E-state index in [1.165, 1.54) is 5.56 Å². The molecule has 0 radical (unpaired) electrons. The molecule has 2 aliphatic heterocycles. The van der Waals surface area contributed by atoms with Gasteiger partial charge in [-0.1, -0.05) is 72.8 Å². The number of rotatable bonds is 7. The monoisotopic (exact) mass is 440 g/mol. The van der Waals surface area contributed by atoms with Gasteiger partial charge in [-0.3, -0.25) is 9.69 Å². The van der Waals surface area contributed by atoms with Gasteiger partial charge in [0, 0.05) is 45.8 Å². The van der Waals surface area contributed by atoms with Crippen molar-refractivity contribution in [2.75, 3.05) is 50.7 Å². The van der Waals surface area contributed by atoms with Crippen molar-refractivity contribution in [2.45, 2.75) is 12.6 Å². The molecule has 1 atom stereocenters. The Morgan fingerprint density at radius 3 is 2.03 bits per heavy atom. The number of hydrogen-bond acceptors (Lipinski definition) is 4. The summed E-state index contributed by atoms with van der Waals surface area (Å²) in [4.78, 5) is 20.3. The van der Waals surface area contributed by atoms with Gasteiger partial charge in [-0.15, -0.1) is 0 Å². The van der Waals surface area contributed by atoms with E-state index < -0.39 is 0 Å². The molecule has 2 heterocycles. The van der Waals surface area contributed by atoms with Crippen molar-refractivity contribution in [3.63, 3.8) is 0 Å². The SMILES string of the molecule is O=C1NC(c2ccccc2)N(CCN2CCN(CCc3ccccc3)CC2)c2ccccc21. The third-order valence-electron chi connectivity index (χ3n) is 6.83. The average Bonchev–Trinajstić information content (AvgIpc) is 2.89. The van der Waals surface area contributed by atoms with E-state index in [4.69, 9.17) is 0 Å². The van der Waals surface area contributed by atoms with Gasteiger partial charge in [-0.05, 0) is 29.7 Å². The molecule has 5 nitrogen and oxygen atoms in total. The summed E-state index contributed by atoms with van der Waals surface area (Å²) < 4.78 is 0. The molecule has 0 bridgehead atoms. The first-order valence-corrected chi connectivity index (χ1v) is 12.0. The van der Waals surface area contributed by atoms with Crippen LogP contribution >= 0.6 is 0 Å². The molecule has 1 fully saturated rings. The fourth-order valence-electron chi connectivity index (χ4n) is 4.90. The van der Waals surface area contributed by atoms with E-state index in [1.807, 2.05) is 36.4 Å². The van der Waals surface area contributed by atoms with Gasteiger partial charge in [0.1, 0.15) is 6.17 Å². The number of nitrogens with zero attached hydrogens (tertiary/aromatic N) is 3. The molecule has 33 heavy (non-hydrogen) atoms. The van der Waals surface area contributed by atoms with E-state index in [0.717, 1.165) is 69.0 Å². The van der Waals surface area contributed by atoms with E-state index in [-0.39, 0.29) is 12.1 Å². The largest absolute Gasteiger partial charge is 0.345 e. The molecular formula is C28H32N4O. The van der Waals surface area contributed by atoms with Crippen molar-refractivity contribution in [3.05, 3.63) is 102 Å². The molecule has 3 aromatic rings. The van der Waals surface area contributed by atoms with E-state index in [0.29, 0.717) is 0 Å². The standard InChI is InChI=1S/C28H32N4O/c33-28-25-13-7-8-14-26(25)32(27(29-28)24-11-5-2-6-12-24)22-21-31-19-17-30(18-20-31)16-15-23-9-3-1-4-10-23/h1-14,27H,15-22H2,(H,29,33). The minimum atomic E-state index is -0.138. The zero-order valence-corrected chi connectivity index (χ0v) is 19.1. The maximum absolute atomic E-state index is 12.8. The summed E-state index contributed by atoms with van der Waals surface area (Å²) in [6.45, 7) is 7.39. The summed E-state index contributed by atoms with van der Waals surface area (Å²) in [5.41, 5.74) is 4.32. The van der Waals surface area contributed by atoms with Crippen molar-refractivity contribution < 1.29 is 4.79 Å². The molecule has 5 rings (SSSR count). The first-order chi connectivity index (χ1) is 16.3. The molecule has 0 saturated carbocycles. The minimum Gasteiger partial charge on any atom is -0.345 e. The Labute approximate surface area is 196 Å². The van der Waals surface area contributed by atoms with Crippen LogP contribution < -0.4 is 10.2 Å². The second-order valence-electron chi connectivity index (χ2n) is 8.92. The van der Waals surface area contributed by atoms with Crippen LogP contribution in [0, 0.1) is 0 Å². The van der Waals surface area contributed by atoms with Crippen LogP contribution in [0.3, 0.4) is 0 Å². The lowest BCUT2D eigenvalue weighted by Gasteiger charge is -2.41. The quantitative estimate of drug-likeness (QED) is 0.607. The number of piperazine rings is 1. The van der Waals surface area contributed by atoms with Gasteiger partial charge in [0.2, 0.25) is 0 Å². The first kappa shape index (κ1) is 21.7. The molecule has 0 aliphatic carbocycles. The maximum atomic E-state index is 12.8. The van der Waals surface area contributed by atoms with Crippen molar-refractivity contribution in [2.24, 2.45) is 0 Å². The topological polar surface area (TPSA) is 38.8 Å². The van der Waals surface area contributed by atoms with Crippen molar-refractivity contribution >= 4 is 11.6 Å². The van der Waals surface area contributed by atoms with Crippen LogP contribution in [0.4, 0.5) is 5.69 Å². The summed E-state index contributed by atoms with van der Waals surface area (Å²) in [7, 11) is 0. The summed E-state index contributed by atoms with van der Waals surface area (Å²) in [5.74, 6) is 0.00253. The number of carbonyl (C=O) groups excluding carboxylic acids is 1. The molecule has 170 valence electrons. The predicted molar refractivity (Wildman–Crippen MR) is 133 cm³/mol. The third-order valence-corrected chi connectivity index (χ3v) is 6.83. The number of fused-ring (bicyclic) bond motifs is 1. The molecule has 1 saturated heterocycles.